The molecule has 0 amide bonds. The molecule has 1 aromatic carbocycles. The molecule has 0 saturated heterocycles. The maximum Gasteiger partial charge on any atom is 0.258 e. The predicted molar refractivity (Wildman–Crippen MR) is 68.0 cm³/mol. The zero-order valence-electron chi connectivity index (χ0n) is 9.86. The van der Waals surface area contributed by atoms with Crippen LogP contribution in [0.2, 0.25) is 0 Å². The van der Waals surface area contributed by atoms with Crippen molar-refractivity contribution in [2.75, 3.05) is 0 Å². The number of carbonyl (C=O) groups excluding carboxylic acids is 2. The first-order chi connectivity index (χ1) is 7.55. The summed E-state index contributed by atoms with van der Waals surface area (Å²) in [4.78, 5) is 23.8. The van der Waals surface area contributed by atoms with Crippen LogP contribution in [0.3, 0.4) is 0 Å². The Labute approximate surface area is 97.0 Å². The molecule has 0 saturated carbocycles. The standard InChI is InChI=1S/C13H16O2Si/c1-4-10-16(11(2)14,12(3)15)13-8-6-5-7-9-13/h4-10H,1-3H3. The van der Waals surface area contributed by atoms with E-state index in [1.807, 2.05) is 49.0 Å². The summed E-state index contributed by atoms with van der Waals surface area (Å²) in [5, 5.41) is 0.849. The van der Waals surface area contributed by atoms with Crippen molar-refractivity contribution in [1.82, 2.24) is 0 Å². The average Bonchev–Trinajstić information content (AvgIpc) is 2.26. The molecule has 0 unspecified atom stereocenters. The molecule has 0 bridgehead atoms. The average molecular weight is 232 g/mol. The Morgan fingerprint density at radius 2 is 1.56 bits per heavy atom. The number of benzene rings is 1. The van der Waals surface area contributed by atoms with Crippen molar-refractivity contribution in [3.8, 4) is 0 Å². The van der Waals surface area contributed by atoms with Crippen LogP contribution in [-0.4, -0.2) is 18.9 Å². The Morgan fingerprint density at radius 1 is 1.06 bits per heavy atom. The van der Waals surface area contributed by atoms with Crippen molar-refractivity contribution in [2.45, 2.75) is 20.8 Å². The van der Waals surface area contributed by atoms with Gasteiger partial charge in [-0.3, -0.25) is 0 Å². The molecule has 0 atom stereocenters. The number of carbonyl (C=O) groups is 2. The van der Waals surface area contributed by atoms with Crippen LogP contribution < -0.4 is 5.19 Å². The maximum atomic E-state index is 11.9. The van der Waals surface area contributed by atoms with E-state index in [0.29, 0.717) is 0 Å². The fraction of sp³-hybridized carbons (Fsp3) is 0.231. The summed E-state index contributed by atoms with van der Waals surface area (Å²) in [5.74, 6) is 0. The van der Waals surface area contributed by atoms with E-state index in [0.717, 1.165) is 5.19 Å². The van der Waals surface area contributed by atoms with Crippen molar-refractivity contribution in [3.05, 3.63) is 42.1 Å². The molecule has 0 heterocycles. The molecule has 2 nitrogen and oxygen atoms in total. The minimum atomic E-state index is -2.78. The molecule has 1 rings (SSSR count). The van der Waals surface area contributed by atoms with Gasteiger partial charge in [0, 0.05) is 0 Å². The van der Waals surface area contributed by atoms with E-state index in [1.165, 1.54) is 13.8 Å². The van der Waals surface area contributed by atoms with Gasteiger partial charge in [-0.25, -0.2) is 0 Å². The van der Waals surface area contributed by atoms with Gasteiger partial charge in [-0.05, 0) is 26.0 Å². The van der Waals surface area contributed by atoms with E-state index in [2.05, 4.69) is 0 Å². The molecule has 16 heavy (non-hydrogen) atoms. The first-order valence-corrected chi connectivity index (χ1v) is 7.35. The lowest BCUT2D eigenvalue weighted by molar-refractivity contribution is -0.114. The third-order valence-corrected chi connectivity index (χ3v) is 7.06. The van der Waals surface area contributed by atoms with Gasteiger partial charge in [0.05, 0.1) is 0 Å². The highest BCUT2D eigenvalue weighted by Gasteiger charge is 2.43. The highest BCUT2D eigenvalue weighted by atomic mass is 28.3. The largest absolute Gasteiger partial charge is 0.304 e. The SMILES string of the molecule is CC=C[Si](C(C)=O)(C(C)=O)c1ccccc1. The number of rotatable bonds is 4. The minimum absolute atomic E-state index is 0.00991. The van der Waals surface area contributed by atoms with Crippen LogP contribution in [0.1, 0.15) is 20.8 Å². The molecule has 0 aromatic heterocycles. The molecule has 84 valence electrons. The van der Waals surface area contributed by atoms with Crippen molar-refractivity contribution >= 4 is 24.1 Å². The van der Waals surface area contributed by atoms with Crippen LogP contribution in [0, 0.1) is 0 Å². The third kappa shape index (κ3) is 2.04. The van der Waals surface area contributed by atoms with Crippen molar-refractivity contribution < 1.29 is 9.59 Å². The van der Waals surface area contributed by atoms with Gasteiger partial charge < -0.3 is 9.59 Å². The Balaban J connectivity index is 3.45. The normalized spacial score (nSPS) is 11.7. The molecule has 0 radical (unpaired) electrons. The second-order valence-electron chi connectivity index (χ2n) is 3.79. The molecule has 0 spiro atoms. The highest BCUT2D eigenvalue weighted by molar-refractivity contribution is 7.34. The summed E-state index contributed by atoms with van der Waals surface area (Å²) in [6.07, 6.45) is 1.81. The summed E-state index contributed by atoms with van der Waals surface area (Å²) >= 11 is 0. The first kappa shape index (κ1) is 12.6. The second-order valence-corrected chi connectivity index (χ2v) is 7.72. The summed E-state index contributed by atoms with van der Waals surface area (Å²) in [7, 11) is -2.78. The molecular weight excluding hydrogens is 216 g/mol. The van der Waals surface area contributed by atoms with Crippen LogP contribution in [0.5, 0.6) is 0 Å². The van der Waals surface area contributed by atoms with E-state index < -0.39 is 8.07 Å². The van der Waals surface area contributed by atoms with E-state index in [-0.39, 0.29) is 10.8 Å². The Kier molecular flexibility index (Phi) is 3.96. The van der Waals surface area contributed by atoms with Crippen molar-refractivity contribution in [1.29, 1.82) is 0 Å². The Morgan fingerprint density at radius 3 is 1.94 bits per heavy atom. The molecule has 0 aliphatic heterocycles. The molecule has 0 aliphatic carbocycles. The maximum absolute atomic E-state index is 11.9. The van der Waals surface area contributed by atoms with Gasteiger partial charge in [-0.15, -0.1) is 0 Å². The molecule has 0 aliphatic rings. The summed E-state index contributed by atoms with van der Waals surface area (Å²) < 4.78 is 0. The topological polar surface area (TPSA) is 34.1 Å². The van der Waals surface area contributed by atoms with Crippen LogP contribution in [-0.2, 0) is 9.59 Å². The van der Waals surface area contributed by atoms with Crippen LogP contribution >= 0.6 is 0 Å². The van der Waals surface area contributed by atoms with Gasteiger partial charge in [-0.2, -0.15) is 0 Å². The number of hydrogen-bond donors (Lipinski definition) is 0. The van der Waals surface area contributed by atoms with Gasteiger partial charge in [-0.1, -0.05) is 42.1 Å². The lowest BCUT2D eigenvalue weighted by atomic mass is 10.4. The Bertz CT molecular complexity index is 407. The fourth-order valence-corrected chi connectivity index (χ4v) is 5.13. The summed E-state index contributed by atoms with van der Waals surface area (Å²) in [6, 6.07) is 9.36. The van der Waals surface area contributed by atoms with Crippen LogP contribution in [0.4, 0.5) is 0 Å². The van der Waals surface area contributed by atoms with Crippen LogP contribution in [0.25, 0.3) is 0 Å². The first-order valence-electron chi connectivity index (χ1n) is 5.27. The van der Waals surface area contributed by atoms with Gasteiger partial charge in [0.1, 0.15) is 10.8 Å². The molecule has 1 aromatic rings. The van der Waals surface area contributed by atoms with E-state index in [9.17, 15) is 9.59 Å². The van der Waals surface area contributed by atoms with E-state index in [4.69, 9.17) is 0 Å². The monoisotopic (exact) mass is 232 g/mol. The fourth-order valence-electron chi connectivity index (χ4n) is 1.94. The zero-order chi connectivity index (χ0) is 12.2. The smallest absolute Gasteiger partial charge is 0.258 e. The molecule has 0 N–H and O–H groups in total. The molecule has 3 heteroatoms. The lowest BCUT2D eigenvalue weighted by Crippen LogP contribution is -2.59. The van der Waals surface area contributed by atoms with E-state index in [1.54, 1.807) is 0 Å². The van der Waals surface area contributed by atoms with Crippen LogP contribution in [0.15, 0.2) is 42.1 Å². The quantitative estimate of drug-likeness (QED) is 0.741. The highest BCUT2D eigenvalue weighted by Crippen LogP contribution is 2.09. The minimum Gasteiger partial charge on any atom is -0.304 e. The van der Waals surface area contributed by atoms with Crippen molar-refractivity contribution in [2.24, 2.45) is 0 Å². The van der Waals surface area contributed by atoms with E-state index >= 15 is 0 Å². The lowest BCUT2D eigenvalue weighted by Gasteiger charge is -2.22. The Hall–Kier alpha value is -1.48. The second kappa shape index (κ2) is 5.03. The van der Waals surface area contributed by atoms with Crippen molar-refractivity contribution in [3.63, 3.8) is 0 Å². The zero-order valence-corrected chi connectivity index (χ0v) is 10.9. The van der Waals surface area contributed by atoms with Gasteiger partial charge in [0.25, 0.3) is 8.07 Å². The number of allylic oxidation sites excluding steroid dienone is 1. The number of hydrogen-bond acceptors (Lipinski definition) is 2. The molecule has 0 fully saturated rings. The van der Waals surface area contributed by atoms with Gasteiger partial charge >= 0.3 is 0 Å². The van der Waals surface area contributed by atoms with Gasteiger partial charge in [0.15, 0.2) is 0 Å². The predicted octanol–water partition coefficient (Wildman–Crippen LogP) is 1.71. The van der Waals surface area contributed by atoms with Gasteiger partial charge in [0.2, 0.25) is 0 Å². The molecular formula is C13H16O2Si. The summed E-state index contributed by atoms with van der Waals surface area (Å²) in [6.45, 7) is 4.87. The third-order valence-electron chi connectivity index (χ3n) is 2.76. The summed E-state index contributed by atoms with van der Waals surface area (Å²) in [5.41, 5.74) is 1.81.